The number of fused-ring (bicyclic) bond motifs is 1. The average Bonchev–Trinajstić information content (AvgIpc) is 2.91. The molecular weight excluding hydrogens is 377 g/mol. The molecule has 2 N–H and O–H groups in total. The molecule has 0 saturated carbocycles. The van der Waals surface area contributed by atoms with E-state index in [0.717, 1.165) is 35.6 Å². The van der Waals surface area contributed by atoms with Crippen LogP contribution < -0.4 is 4.90 Å². The smallest absolute Gasteiger partial charge is 0.303 e. The van der Waals surface area contributed by atoms with Gasteiger partial charge in [-0.2, -0.15) is 0 Å². The standard InChI is InChI=1S/C16H21Cl2N3O2.C2H6O/c1-20-14-6-5-12(21(9-7-17)10-8-18)11-13(14)19-15(20)3-2-4-16(22)23;1-2-3/h5-6,11H,2-4,7-10H2,1H3,(H,22,23);3H,2H2,1H3. The van der Waals surface area contributed by atoms with E-state index < -0.39 is 5.97 Å². The third kappa shape index (κ3) is 6.67. The van der Waals surface area contributed by atoms with Gasteiger partial charge in [-0.1, -0.05) is 0 Å². The van der Waals surface area contributed by atoms with Crippen LogP contribution in [0.2, 0.25) is 0 Å². The molecule has 0 atom stereocenters. The minimum atomic E-state index is -0.774. The van der Waals surface area contributed by atoms with Gasteiger partial charge < -0.3 is 19.7 Å². The van der Waals surface area contributed by atoms with Gasteiger partial charge in [0, 0.05) is 57.0 Å². The largest absolute Gasteiger partial charge is 0.481 e. The Morgan fingerprint density at radius 2 is 1.88 bits per heavy atom. The second-order valence-corrected chi connectivity index (χ2v) is 6.44. The molecule has 0 saturated heterocycles. The van der Waals surface area contributed by atoms with Crippen molar-refractivity contribution in [3.8, 4) is 0 Å². The van der Waals surface area contributed by atoms with Crippen LogP contribution in [0, 0.1) is 0 Å². The lowest BCUT2D eigenvalue weighted by Gasteiger charge is -2.22. The highest BCUT2D eigenvalue weighted by Gasteiger charge is 2.11. The summed E-state index contributed by atoms with van der Waals surface area (Å²) in [4.78, 5) is 17.4. The number of aryl methyl sites for hydroxylation is 2. The molecule has 0 aliphatic carbocycles. The summed E-state index contributed by atoms with van der Waals surface area (Å²) in [6.45, 7) is 3.40. The number of carboxylic acid groups (broad SMARTS) is 1. The van der Waals surface area contributed by atoms with Crippen molar-refractivity contribution < 1.29 is 15.0 Å². The second-order valence-electron chi connectivity index (χ2n) is 5.69. The number of halogens is 2. The van der Waals surface area contributed by atoms with Crippen LogP contribution in [-0.2, 0) is 18.3 Å². The Morgan fingerprint density at radius 3 is 2.42 bits per heavy atom. The fourth-order valence-electron chi connectivity index (χ4n) is 2.63. The van der Waals surface area contributed by atoms with E-state index in [0.29, 0.717) is 24.6 Å². The van der Waals surface area contributed by atoms with Crippen molar-refractivity contribution in [2.24, 2.45) is 7.05 Å². The van der Waals surface area contributed by atoms with E-state index in [4.69, 9.17) is 33.4 Å². The predicted octanol–water partition coefficient (Wildman–Crippen LogP) is 3.26. The highest BCUT2D eigenvalue weighted by molar-refractivity contribution is 6.18. The fourth-order valence-corrected chi connectivity index (χ4v) is 3.04. The van der Waals surface area contributed by atoms with Gasteiger partial charge in [0.15, 0.2) is 0 Å². The lowest BCUT2D eigenvalue weighted by molar-refractivity contribution is -0.137. The molecule has 8 heteroatoms. The van der Waals surface area contributed by atoms with Crippen LogP contribution in [-0.4, -0.2) is 57.2 Å². The molecule has 0 aliphatic rings. The Balaban J connectivity index is 0.00000105. The molecule has 26 heavy (non-hydrogen) atoms. The first-order chi connectivity index (χ1) is 12.5. The number of nitrogens with zero attached hydrogens (tertiary/aromatic N) is 3. The van der Waals surface area contributed by atoms with Crippen LogP contribution in [0.1, 0.15) is 25.6 Å². The van der Waals surface area contributed by atoms with Crippen LogP contribution in [0.25, 0.3) is 11.0 Å². The molecular formula is C18H27Cl2N3O3. The molecule has 1 aromatic heterocycles. The molecule has 1 aromatic carbocycles. The van der Waals surface area contributed by atoms with Crippen molar-refractivity contribution in [1.82, 2.24) is 9.55 Å². The molecule has 0 aliphatic heterocycles. The SMILES string of the molecule is CCO.Cn1c(CCCC(=O)O)nc2cc(N(CCCl)CCCl)ccc21. The van der Waals surface area contributed by atoms with Gasteiger partial charge in [0.2, 0.25) is 0 Å². The van der Waals surface area contributed by atoms with Crippen molar-refractivity contribution >= 4 is 45.9 Å². The number of anilines is 1. The zero-order valence-corrected chi connectivity index (χ0v) is 16.8. The lowest BCUT2D eigenvalue weighted by Crippen LogP contribution is -2.27. The Kier molecular flexibility index (Phi) is 10.4. The first kappa shape index (κ1) is 22.5. The number of hydrogen-bond acceptors (Lipinski definition) is 4. The van der Waals surface area contributed by atoms with Crippen LogP contribution in [0.3, 0.4) is 0 Å². The van der Waals surface area contributed by atoms with E-state index >= 15 is 0 Å². The normalized spacial score (nSPS) is 10.5. The molecule has 6 nitrogen and oxygen atoms in total. The van der Waals surface area contributed by atoms with Crippen molar-refractivity contribution in [3.05, 3.63) is 24.0 Å². The number of aliphatic hydroxyl groups is 1. The zero-order chi connectivity index (χ0) is 19.5. The van der Waals surface area contributed by atoms with Crippen LogP contribution in [0.15, 0.2) is 18.2 Å². The number of imidazole rings is 1. The number of rotatable bonds is 9. The molecule has 0 amide bonds. The summed E-state index contributed by atoms with van der Waals surface area (Å²) in [5.41, 5.74) is 2.99. The number of hydrogen-bond donors (Lipinski definition) is 2. The fraction of sp³-hybridized carbons (Fsp3) is 0.556. The third-order valence-corrected chi connectivity index (χ3v) is 4.16. The minimum absolute atomic E-state index is 0.160. The number of carboxylic acids is 1. The molecule has 2 aromatic rings. The van der Waals surface area contributed by atoms with E-state index in [-0.39, 0.29) is 13.0 Å². The average molecular weight is 404 g/mol. The molecule has 1 heterocycles. The number of aromatic nitrogens is 2. The highest BCUT2D eigenvalue weighted by Crippen LogP contribution is 2.23. The van der Waals surface area contributed by atoms with Crippen molar-refractivity contribution in [3.63, 3.8) is 0 Å². The summed E-state index contributed by atoms with van der Waals surface area (Å²) in [5.74, 6) is 1.21. The van der Waals surface area contributed by atoms with Gasteiger partial charge in [-0.25, -0.2) is 4.98 Å². The maximum atomic E-state index is 10.6. The first-order valence-electron chi connectivity index (χ1n) is 8.63. The van der Waals surface area contributed by atoms with Gasteiger partial charge in [0.25, 0.3) is 0 Å². The number of aliphatic carboxylic acids is 1. The summed E-state index contributed by atoms with van der Waals surface area (Å²) >= 11 is 11.7. The molecule has 0 fully saturated rings. The van der Waals surface area contributed by atoms with E-state index in [2.05, 4.69) is 9.88 Å². The van der Waals surface area contributed by atoms with Gasteiger partial charge in [-0.15, -0.1) is 23.2 Å². The molecule has 146 valence electrons. The van der Waals surface area contributed by atoms with E-state index in [1.165, 1.54) is 0 Å². The Morgan fingerprint density at radius 1 is 1.27 bits per heavy atom. The summed E-state index contributed by atoms with van der Waals surface area (Å²) in [6.07, 6.45) is 1.40. The Hall–Kier alpha value is -1.50. The molecule has 0 unspecified atom stereocenters. The van der Waals surface area contributed by atoms with E-state index in [9.17, 15) is 4.79 Å². The van der Waals surface area contributed by atoms with E-state index in [1.54, 1.807) is 6.92 Å². The van der Waals surface area contributed by atoms with Gasteiger partial charge in [-0.05, 0) is 31.5 Å². The highest BCUT2D eigenvalue weighted by atomic mass is 35.5. The second kappa shape index (κ2) is 12.0. The van der Waals surface area contributed by atoms with E-state index in [1.807, 2.05) is 29.8 Å². The van der Waals surface area contributed by atoms with Crippen molar-refractivity contribution in [2.75, 3.05) is 36.4 Å². The lowest BCUT2D eigenvalue weighted by atomic mass is 10.2. The van der Waals surface area contributed by atoms with Crippen LogP contribution in [0.4, 0.5) is 5.69 Å². The van der Waals surface area contributed by atoms with Gasteiger partial charge in [-0.3, -0.25) is 4.79 Å². The quantitative estimate of drug-likeness (QED) is 0.628. The Bertz CT molecular complexity index is 686. The summed E-state index contributed by atoms with van der Waals surface area (Å²) in [7, 11) is 1.96. The number of carbonyl (C=O) groups is 1. The summed E-state index contributed by atoms with van der Waals surface area (Å²) in [6, 6.07) is 6.12. The number of benzene rings is 1. The van der Waals surface area contributed by atoms with Gasteiger partial charge >= 0.3 is 5.97 Å². The number of aliphatic hydroxyl groups excluding tert-OH is 1. The topological polar surface area (TPSA) is 78.6 Å². The monoisotopic (exact) mass is 403 g/mol. The summed E-state index contributed by atoms with van der Waals surface area (Å²) < 4.78 is 2.02. The van der Waals surface area contributed by atoms with Crippen molar-refractivity contribution in [2.45, 2.75) is 26.2 Å². The number of alkyl halides is 2. The molecule has 0 spiro atoms. The maximum absolute atomic E-state index is 10.6. The van der Waals surface area contributed by atoms with Gasteiger partial charge in [0.1, 0.15) is 5.82 Å². The minimum Gasteiger partial charge on any atom is -0.481 e. The summed E-state index contributed by atoms with van der Waals surface area (Å²) in [5, 5.41) is 16.3. The molecule has 0 bridgehead atoms. The van der Waals surface area contributed by atoms with Crippen LogP contribution in [0.5, 0.6) is 0 Å². The van der Waals surface area contributed by atoms with Crippen LogP contribution >= 0.6 is 23.2 Å². The van der Waals surface area contributed by atoms with Gasteiger partial charge in [0.05, 0.1) is 11.0 Å². The van der Waals surface area contributed by atoms with Crippen molar-refractivity contribution in [1.29, 1.82) is 0 Å². The predicted molar refractivity (Wildman–Crippen MR) is 108 cm³/mol. The molecule has 2 rings (SSSR count). The maximum Gasteiger partial charge on any atom is 0.303 e. The first-order valence-corrected chi connectivity index (χ1v) is 9.70. The zero-order valence-electron chi connectivity index (χ0n) is 15.3. The molecule has 0 radical (unpaired) electrons. The Labute approximate surface area is 164 Å². The third-order valence-electron chi connectivity index (χ3n) is 3.82.